The molecule has 2 N–H and O–H groups in total. The fraction of sp³-hybridized carbons (Fsp3) is 0.308. The zero-order chi connectivity index (χ0) is 13.7. The Balaban J connectivity index is 1.81. The van der Waals surface area contributed by atoms with Crippen LogP contribution in [0, 0.1) is 6.92 Å². The van der Waals surface area contributed by atoms with Crippen molar-refractivity contribution in [1.29, 1.82) is 0 Å². The Morgan fingerprint density at radius 2 is 2.26 bits per heavy atom. The van der Waals surface area contributed by atoms with E-state index in [4.69, 9.17) is 0 Å². The molecule has 1 aromatic rings. The lowest BCUT2D eigenvalue weighted by Gasteiger charge is -2.06. The molecule has 1 heterocycles. The number of aryl methyl sites for hydroxylation is 1. The van der Waals surface area contributed by atoms with Gasteiger partial charge in [0, 0.05) is 11.3 Å². The molecule has 0 aliphatic carbocycles. The third kappa shape index (κ3) is 4.10. The highest BCUT2D eigenvalue weighted by Crippen LogP contribution is 2.08. The summed E-state index contributed by atoms with van der Waals surface area (Å²) in [6.45, 7) is 2.60. The van der Waals surface area contributed by atoms with Crippen LogP contribution in [0.4, 0.5) is 0 Å². The molecule has 1 aliphatic rings. The molecule has 0 spiro atoms. The third-order valence-corrected chi connectivity index (χ3v) is 3.41. The first-order chi connectivity index (χ1) is 9.15. The normalized spacial score (nSPS) is 13.8. The van der Waals surface area contributed by atoms with Crippen LogP contribution in [0.2, 0.25) is 0 Å². The second kappa shape index (κ2) is 6.38. The Morgan fingerprint density at radius 1 is 1.42 bits per heavy atom. The van der Waals surface area contributed by atoms with Crippen LogP contribution < -0.4 is 10.6 Å². The van der Waals surface area contributed by atoms with Gasteiger partial charge in [0.05, 0.1) is 13.1 Å². The molecule has 6 heteroatoms. The lowest BCUT2D eigenvalue weighted by molar-refractivity contribution is -0.118. The lowest BCUT2D eigenvalue weighted by Crippen LogP contribution is -2.38. The number of benzene rings is 1. The minimum atomic E-state index is -0.255. The fourth-order valence-corrected chi connectivity index (χ4v) is 2.37. The molecule has 0 saturated heterocycles. The van der Waals surface area contributed by atoms with Crippen LogP contribution in [-0.4, -0.2) is 35.8 Å². The van der Waals surface area contributed by atoms with E-state index < -0.39 is 0 Å². The summed E-state index contributed by atoms with van der Waals surface area (Å²) in [5, 5.41) is 5.88. The summed E-state index contributed by atoms with van der Waals surface area (Å²) < 4.78 is 0. The second-order valence-corrected chi connectivity index (χ2v) is 5.22. The molecule has 19 heavy (non-hydrogen) atoms. The second-order valence-electron chi connectivity index (χ2n) is 4.14. The molecule has 5 nitrogen and oxygen atoms in total. The van der Waals surface area contributed by atoms with Gasteiger partial charge in [0.25, 0.3) is 5.91 Å². The van der Waals surface area contributed by atoms with Gasteiger partial charge in [-0.3, -0.25) is 14.6 Å². The summed E-state index contributed by atoms with van der Waals surface area (Å²) >= 11 is 1.51. The van der Waals surface area contributed by atoms with Gasteiger partial charge in [-0.2, -0.15) is 0 Å². The predicted octanol–water partition coefficient (Wildman–Crippen LogP) is 0.944. The first-order valence-electron chi connectivity index (χ1n) is 5.97. The molecule has 0 atom stereocenters. The van der Waals surface area contributed by atoms with E-state index >= 15 is 0 Å². The predicted molar refractivity (Wildman–Crippen MR) is 76.4 cm³/mol. The van der Waals surface area contributed by atoms with E-state index in [1.54, 1.807) is 12.1 Å². The average Bonchev–Trinajstić information content (AvgIpc) is 2.88. The van der Waals surface area contributed by atoms with Gasteiger partial charge in [0.2, 0.25) is 5.91 Å². The molecule has 0 aromatic heterocycles. The number of rotatable bonds is 3. The van der Waals surface area contributed by atoms with Crippen LogP contribution in [0.25, 0.3) is 0 Å². The first kappa shape index (κ1) is 13.6. The number of carbonyl (C=O) groups excluding carboxylic acids is 2. The lowest BCUT2D eigenvalue weighted by atomic mass is 10.1. The van der Waals surface area contributed by atoms with Gasteiger partial charge < -0.3 is 10.6 Å². The van der Waals surface area contributed by atoms with Gasteiger partial charge in [-0.05, 0) is 19.1 Å². The van der Waals surface area contributed by atoms with Crippen molar-refractivity contribution in [2.45, 2.75) is 6.92 Å². The number of amidine groups is 1. The van der Waals surface area contributed by atoms with Crippen LogP contribution >= 0.6 is 11.8 Å². The number of nitrogens with zero attached hydrogens (tertiary/aromatic N) is 1. The quantitative estimate of drug-likeness (QED) is 0.864. The van der Waals surface area contributed by atoms with E-state index in [1.807, 2.05) is 19.1 Å². The van der Waals surface area contributed by atoms with E-state index in [0.717, 1.165) is 17.9 Å². The number of hydrogen-bond acceptors (Lipinski definition) is 4. The Bertz CT molecular complexity index is 528. The average molecular weight is 277 g/mol. The highest BCUT2D eigenvalue weighted by molar-refractivity contribution is 8.14. The van der Waals surface area contributed by atoms with Crippen LogP contribution in [-0.2, 0) is 4.79 Å². The van der Waals surface area contributed by atoms with Crippen molar-refractivity contribution in [1.82, 2.24) is 10.6 Å². The van der Waals surface area contributed by atoms with Gasteiger partial charge in [0.15, 0.2) is 5.17 Å². The highest BCUT2D eigenvalue weighted by atomic mass is 32.2. The number of carbonyl (C=O) groups is 2. The maximum atomic E-state index is 11.8. The summed E-state index contributed by atoms with van der Waals surface area (Å²) in [5.74, 6) is 0.389. The molecule has 2 amide bonds. The standard InChI is InChI=1S/C13H15N3O2S/c1-9-3-2-4-10(7-9)12(18)15-8-11(17)16-13-14-5-6-19-13/h2-4,7H,5-6,8H2,1H3,(H,15,18)(H,14,16,17). The van der Waals surface area contributed by atoms with Crippen molar-refractivity contribution in [2.24, 2.45) is 4.99 Å². The smallest absolute Gasteiger partial charge is 0.251 e. The molecular weight excluding hydrogens is 262 g/mol. The number of nitrogens with one attached hydrogen (secondary N) is 2. The Hall–Kier alpha value is -1.82. The minimum Gasteiger partial charge on any atom is -0.343 e. The van der Waals surface area contributed by atoms with E-state index in [2.05, 4.69) is 15.6 Å². The Morgan fingerprint density at radius 3 is 2.95 bits per heavy atom. The van der Waals surface area contributed by atoms with E-state index in [1.165, 1.54) is 11.8 Å². The molecule has 1 aromatic carbocycles. The van der Waals surface area contributed by atoms with Crippen molar-refractivity contribution in [3.63, 3.8) is 0 Å². The maximum Gasteiger partial charge on any atom is 0.251 e. The number of aliphatic imine (C=N–C) groups is 1. The molecule has 100 valence electrons. The zero-order valence-electron chi connectivity index (χ0n) is 10.6. The van der Waals surface area contributed by atoms with Crippen LogP contribution in [0.1, 0.15) is 15.9 Å². The summed E-state index contributed by atoms with van der Waals surface area (Å²) in [7, 11) is 0. The first-order valence-corrected chi connectivity index (χ1v) is 6.95. The molecule has 1 aliphatic heterocycles. The van der Waals surface area contributed by atoms with Crippen molar-refractivity contribution in [3.05, 3.63) is 35.4 Å². The number of thioether (sulfide) groups is 1. The molecule has 0 bridgehead atoms. The maximum absolute atomic E-state index is 11.8. The van der Waals surface area contributed by atoms with E-state index in [9.17, 15) is 9.59 Å². The SMILES string of the molecule is Cc1cccc(C(=O)NCC(=O)NC2=NCCS2)c1. The molecular formula is C13H15N3O2S. The van der Waals surface area contributed by atoms with E-state index in [-0.39, 0.29) is 18.4 Å². The van der Waals surface area contributed by atoms with Gasteiger partial charge in [0.1, 0.15) is 0 Å². The van der Waals surface area contributed by atoms with E-state index in [0.29, 0.717) is 10.7 Å². The minimum absolute atomic E-state index is 0.0493. The van der Waals surface area contributed by atoms with Crippen LogP contribution in [0.5, 0.6) is 0 Å². The summed E-state index contributed by atoms with van der Waals surface area (Å²) in [6, 6.07) is 7.23. The summed E-state index contributed by atoms with van der Waals surface area (Å²) in [4.78, 5) is 27.5. The molecule has 0 unspecified atom stereocenters. The Kier molecular flexibility index (Phi) is 4.57. The highest BCUT2D eigenvalue weighted by Gasteiger charge is 2.12. The summed E-state index contributed by atoms with van der Waals surface area (Å²) in [5.41, 5.74) is 1.56. The third-order valence-electron chi connectivity index (χ3n) is 2.52. The van der Waals surface area contributed by atoms with Crippen molar-refractivity contribution >= 4 is 28.7 Å². The molecule has 0 saturated carbocycles. The molecule has 2 rings (SSSR count). The largest absolute Gasteiger partial charge is 0.343 e. The molecule has 0 fully saturated rings. The van der Waals surface area contributed by atoms with Crippen LogP contribution in [0.3, 0.4) is 0 Å². The van der Waals surface area contributed by atoms with Gasteiger partial charge in [-0.1, -0.05) is 29.5 Å². The van der Waals surface area contributed by atoms with Crippen molar-refractivity contribution in [2.75, 3.05) is 18.8 Å². The zero-order valence-corrected chi connectivity index (χ0v) is 11.4. The van der Waals surface area contributed by atoms with Gasteiger partial charge in [-0.25, -0.2) is 0 Å². The van der Waals surface area contributed by atoms with Crippen LogP contribution in [0.15, 0.2) is 29.3 Å². The summed E-state index contributed by atoms with van der Waals surface area (Å²) in [6.07, 6.45) is 0. The monoisotopic (exact) mass is 277 g/mol. The van der Waals surface area contributed by atoms with Crippen molar-refractivity contribution < 1.29 is 9.59 Å². The van der Waals surface area contributed by atoms with Crippen molar-refractivity contribution in [3.8, 4) is 0 Å². The molecule has 0 radical (unpaired) electrons. The fourth-order valence-electron chi connectivity index (χ4n) is 1.62. The van der Waals surface area contributed by atoms with Gasteiger partial charge in [-0.15, -0.1) is 0 Å². The Labute approximate surface area is 115 Å². The van der Waals surface area contributed by atoms with Gasteiger partial charge >= 0.3 is 0 Å². The number of hydrogen-bond donors (Lipinski definition) is 2. The number of amides is 2. The topological polar surface area (TPSA) is 70.6 Å².